The van der Waals surface area contributed by atoms with Gasteiger partial charge in [-0.05, 0) is 38.3 Å². The molecule has 0 spiro atoms. The van der Waals surface area contributed by atoms with Crippen molar-refractivity contribution in [2.24, 2.45) is 13.0 Å². The number of likely N-dealkylation sites (tertiary alicyclic amines) is 1. The van der Waals surface area contributed by atoms with Gasteiger partial charge < -0.3 is 14.8 Å². The fourth-order valence-electron chi connectivity index (χ4n) is 3.47. The molecule has 0 aliphatic carbocycles. The van der Waals surface area contributed by atoms with Crippen molar-refractivity contribution in [3.8, 4) is 0 Å². The van der Waals surface area contributed by atoms with E-state index in [0.717, 1.165) is 30.9 Å². The number of aromatic nitrogens is 1. The van der Waals surface area contributed by atoms with Gasteiger partial charge in [-0.3, -0.25) is 4.79 Å². The third kappa shape index (κ3) is 1.59. The van der Waals surface area contributed by atoms with Gasteiger partial charge in [0.25, 0.3) is 5.91 Å². The summed E-state index contributed by atoms with van der Waals surface area (Å²) < 4.78 is 1.99. The van der Waals surface area contributed by atoms with E-state index in [-0.39, 0.29) is 5.91 Å². The predicted octanol–water partition coefficient (Wildman–Crippen LogP) is 1.16. The molecule has 0 aromatic carbocycles. The van der Waals surface area contributed by atoms with Gasteiger partial charge in [-0.25, -0.2) is 0 Å². The lowest BCUT2D eigenvalue weighted by molar-refractivity contribution is 0.0672. The van der Waals surface area contributed by atoms with E-state index in [1.807, 2.05) is 30.7 Å². The van der Waals surface area contributed by atoms with Crippen LogP contribution >= 0.6 is 0 Å². The minimum atomic E-state index is 0.189. The molecule has 1 aromatic rings. The molecule has 0 saturated carbocycles. The maximum Gasteiger partial charge on any atom is 0.271 e. The van der Waals surface area contributed by atoms with Gasteiger partial charge in [0.05, 0.1) is 0 Å². The summed E-state index contributed by atoms with van der Waals surface area (Å²) in [6, 6.07) is 4.71. The van der Waals surface area contributed by atoms with Gasteiger partial charge in [0.2, 0.25) is 0 Å². The van der Waals surface area contributed by atoms with Crippen LogP contribution in [0.15, 0.2) is 12.1 Å². The quantitative estimate of drug-likeness (QED) is 0.808. The van der Waals surface area contributed by atoms with Gasteiger partial charge in [0.15, 0.2) is 0 Å². The van der Waals surface area contributed by atoms with Gasteiger partial charge in [-0.1, -0.05) is 0 Å². The summed E-state index contributed by atoms with van der Waals surface area (Å²) in [6.45, 7) is 6.21. The second-order valence-electron chi connectivity index (χ2n) is 5.70. The maximum absolute atomic E-state index is 12.7. The van der Waals surface area contributed by atoms with Crippen molar-refractivity contribution in [1.29, 1.82) is 0 Å². The molecular weight excluding hydrogens is 226 g/mol. The smallest absolute Gasteiger partial charge is 0.271 e. The monoisotopic (exact) mass is 247 g/mol. The highest BCUT2D eigenvalue weighted by molar-refractivity contribution is 5.93. The number of rotatable bonds is 1. The van der Waals surface area contributed by atoms with Crippen LogP contribution in [0.2, 0.25) is 0 Å². The maximum atomic E-state index is 12.7. The van der Waals surface area contributed by atoms with Crippen LogP contribution in [0.25, 0.3) is 0 Å². The molecule has 4 heteroatoms. The van der Waals surface area contributed by atoms with Crippen molar-refractivity contribution in [3.63, 3.8) is 0 Å². The number of aryl methyl sites for hydroxylation is 1. The van der Waals surface area contributed by atoms with Crippen LogP contribution in [0, 0.1) is 12.8 Å². The van der Waals surface area contributed by atoms with E-state index in [4.69, 9.17) is 0 Å². The molecule has 2 saturated heterocycles. The Balaban J connectivity index is 1.90. The van der Waals surface area contributed by atoms with Crippen LogP contribution in [0.5, 0.6) is 0 Å². The van der Waals surface area contributed by atoms with E-state index < -0.39 is 0 Å². The first-order valence-corrected chi connectivity index (χ1v) is 6.75. The summed E-state index contributed by atoms with van der Waals surface area (Å²) in [7, 11) is 1.97. The normalized spacial score (nSPS) is 30.8. The highest BCUT2D eigenvalue weighted by atomic mass is 16.2. The molecule has 2 aliphatic rings. The summed E-state index contributed by atoms with van der Waals surface area (Å²) >= 11 is 0. The summed E-state index contributed by atoms with van der Waals surface area (Å²) in [5.74, 6) is 0.833. The van der Waals surface area contributed by atoms with Crippen LogP contribution in [0.1, 0.15) is 29.5 Å². The van der Waals surface area contributed by atoms with Crippen LogP contribution in [0.4, 0.5) is 0 Å². The fraction of sp³-hybridized carbons (Fsp3) is 0.643. The minimum Gasteiger partial charge on any atom is -0.344 e. The lowest BCUT2D eigenvalue weighted by atomic mass is 10.0. The number of nitrogens with zero attached hydrogens (tertiary/aromatic N) is 2. The van der Waals surface area contributed by atoms with E-state index in [1.54, 1.807) is 0 Å². The van der Waals surface area contributed by atoms with Crippen molar-refractivity contribution < 1.29 is 4.79 Å². The topological polar surface area (TPSA) is 37.3 Å². The number of hydrogen-bond acceptors (Lipinski definition) is 2. The van der Waals surface area contributed by atoms with Crippen molar-refractivity contribution >= 4 is 5.91 Å². The number of amides is 1. The molecule has 3 atom stereocenters. The van der Waals surface area contributed by atoms with Gasteiger partial charge in [0, 0.05) is 37.9 Å². The molecule has 1 amide bonds. The van der Waals surface area contributed by atoms with Crippen molar-refractivity contribution in [2.75, 3.05) is 13.1 Å². The third-order valence-corrected chi connectivity index (χ3v) is 4.61. The number of fused-ring (bicyclic) bond motifs is 1. The molecule has 3 unspecified atom stereocenters. The average molecular weight is 247 g/mol. The van der Waals surface area contributed by atoms with E-state index in [9.17, 15) is 4.79 Å². The zero-order valence-corrected chi connectivity index (χ0v) is 11.3. The van der Waals surface area contributed by atoms with Gasteiger partial charge in [-0.2, -0.15) is 0 Å². The molecule has 2 fully saturated rings. The molecule has 4 nitrogen and oxygen atoms in total. The highest BCUT2D eigenvalue weighted by Gasteiger charge is 2.44. The standard InChI is InChI=1S/C14H21N3O/c1-9-4-5-12(16(9)3)14(18)17-10(2)6-11-7-15-8-13(11)17/h4-5,10-11,13,15H,6-8H2,1-3H3. The zero-order valence-electron chi connectivity index (χ0n) is 11.3. The molecule has 0 bridgehead atoms. The van der Waals surface area contributed by atoms with Crippen LogP contribution in [-0.2, 0) is 7.05 Å². The molecule has 0 radical (unpaired) electrons. The Bertz CT molecular complexity index is 479. The number of nitrogens with one attached hydrogen (secondary N) is 1. The predicted molar refractivity (Wildman–Crippen MR) is 70.5 cm³/mol. The lowest BCUT2D eigenvalue weighted by Crippen LogP contribution is -2.43. The first-order chi connectivity index (χ1) is 8.59. The van der Waals surface area contributed by atoms with Crippen LogP contribution < -0.4 is 5.32 Å². The molecule has 3 rings (SSSR count). The van der Waals surface area contributed by atoms with Gasteiger partial charge in [-0.15, -0.1) is 0 Å². The molecule has 1 N–H and O–H groups in total. The Kier molecular flexibility index (Phi) is 2.70. The first-order valence-electron chi connectivity index (χ1n) is 6.75. The third-order valence-electron chi connectivity index (χ3n) is 4.61. The van der Waals surface area contributed by atoms with E-state index in [1.165, 1.54) is 0 Å². The highest BCUT2D eigenvalue weighted by Crippen LogP contribution is 2.33. The Morgan fingerprint density at radius 2 is 2.17 bits per heavy atom. The molecule has 98 valence electrons. The van der Waals surface area contributed by atoms with Crippen LogP contribution in [-0.4, -0.2) is 40.5 Å². The summed E-state index contributed by atoms with van der Waals surface area (Å²) in [5.41, 5.74) is 1.94. The van der Waals surface area contributed by atoms with Crippen molar-refractivity contribution in [1.82, 2.24) is 14.8 Å². The first kappa shape index (κ1) is 11.8. The molecular formula is C14H21N3O. The Hall–Kier alpha value is -1.29. The largest absolute Gasteiger partial charge is 0.344 e. The number of carbonyl (C=O) groups excluding carboxylic acids is 1. The SMILES string of the molecule is Cc1ccc(C(=O)N2C(C)CC3CNCC32)n1C. The summed E-state index contributed by atoms with van der Waals surface area (Å²) in [4.78, 5) is 14.8. The lowest BCUT2D eigenvalue weighted by Gasteiger charge is -2.27. The molecule has 18 heavy (non-hydrogen) atoms. The van der Waals surface area contributed by atoms with E-state index in [2.05, 4.69) is 17.1 Å². The minimum absolute atomic E-state index is 0.189. The van der Waals surface area contributed by atoms with Gasteiger partial charge in [0.1, 0.15) is 5.69 Å². The summed E-state index contributed by atoms with van der Waals surface area (Å²) in [5, 5.41) is 3.40. The molecule has 3 heterocycles. The molecule has 1 aromatic heterocycles. The summed E-state index contributed by atoms with van der Waals surface area (Å²) in [6.07, 6.45) is 1.13. The second-order valence-corrected chi connectivity index (χ2v) is 5.70. The Morgan fingerprint density at radius 1 is 1.39 bits per heavy atom. The average Bonchev–Trinajstić information content (AvgIpc) is 2.95. The number of hydrogen-bond donors (Lipinski definition) is 1. The van der Waals surface area contributed by atoms with Crippen molar-refractivity contribution in [2.45, 2.75) is 32.4 Å². The molecule has 2 aliphatic heterocycles. The number of carbonyl (C=O) groups is 1. The van der Waals surface area contributed by atoms with Crippen molar-refractivity contribution in [3.05, 3.63) is 23.5 Å². The Labute approximate surface area is 108 Å². The fourth-order valence-corrected chi connectivity index (χ4v) is 3.47. The zero-order chi connectivity index (χ0) is 12.9. The van der Waals surface area contributed by atoms with Crippen LogP contribution in [0.3, 0.4) is 0 Å². The Morgan fingerprint density at radius 3 is 2.83 bits per heavy atom. The van der Waals surface area contributed by atoms with E-state index >= 15 is 0 Å². The van der Waals surface area contributed by atoms with E-state index in [0.29, 0.717) is 18.0 Å². The second kappa shape index (κ2) is 4.12. The van der Waals surface area contributed by atoms with Gasteiger partial charge >= 0.3 is 0 Å².